The van der Waals surface area contributed by atoms with Crippen molar-refractivity contribution in [2.45, 2.75) is 33.1 Å². The number of carboxylic acid groups (broad SMARTS) is 1. The molecule has 2 heterocycles. The van der Waals surface area contributed by atoms with Crippen molar-refractivity contribution in [1.82, 2.24) is 14.7 Å². The number of aliphatic carboxylic acids is 1. The Morgan fingerprint density at radius 2 is 2.17 bits per heavy atom. The van der Waals surface area contributed by atoms with Gasteiger partial charge in [-0.2, -0.15) is 10.4 Å². The van der Waals surface area contributed by atoms with Gasteiger partial charge in [0.25, 0.3) is 0 Å². The maximum absolute atomic E-state index is 12.8. The van der Waals surface area contributed by atoms with Crippen molar-refractivity contribution in [3.8, 4) is 11.8 Å². The fourth-order valence-electron chi connectivity index (χ4n) is 3.78. The molecular formula is C21H25N5O3. The molecule has 1 aliphatic rings. The molecule has 0 bridgehead atoms. The van der Waals surface area contributed by atoms with Crippen LogP contribution in [0.2, 0.25) is 0 Å². The molecule has 2 atom stereocenters. The van der Waals surface area contributed by atoms with Crippen LogP contribution >= 0.6 is 0 Å². The van der Waals surface area contributed by atoms with Gasteiger partial charge >= 0.3 is 12.0 Å². The molecule has 1 fully saturated rings. The average molecular weight is 395 g/mol. The van der Waals surface area contributed by atoms with Crippen LogP contribution in [0.25, 0.3) is 5.69 Å². The average Bonchev–Trinajstić information content (AvgIpc) is 3.10. The highest BCUT2D eigenvalue weighted by Crippen LogP contribution is 2.25. The summed E-state index contributed by atoms with van der Waals surface area (Å²) in [5, 5.41) is 25.8. The molecule has 1 aromatic heterocycles. The van der Waals surface area contributed by atoms with E-state index in [9.17, 15) is 14.7 Å². The molecule has 1 aromatic carbocycles. The van der Waals surface area contributed by atoms with Crippen LogP contribution in [0.1, 0.15) is 37.9 Å². The second-order valence-electron chi connectivity index (χ2n) is 7.54. The van der Waals surface area contributed by atoms with Crippen molar-refractivity contribution in [3.05, 3.63) is 41.7 Å². The summed E-state index contributed by atoms with van der Waals surface area (Å²) in [6.07, 6.45) is 3.73. The van der Waals surface area contributed by atoms with Gasteiger partial charge < -0.3 is 15.3 Å². The van der Waals surface area contributed by atoms with Crippen LogP contribution < -0.4 is 5.32 Å². The summed E-state index contributed by atoms with van der Waals surface area (Å²) in [4.78, 5) is 25.8. The number of carbonyl (C=O) groups excluding carboxylic acids is 1. The van der Waals surface area contributed by atoms with Crippen LogP contribution in [0.5, 0.6) is 0 Å². The lowest BCUT2D eigenvalue weighted by Gasteiger charge is -2.34. The van der Waals surface area contributed by atoms with Crippen molar-refractivity contribution in [2.75, 3.05) is 18.4 Å². The van der Waals surface area contributed by atoms with Crippen LogP contribution in [0.4, 0.5) is 10.5 Å². The molecule has 3 rings (SSSR count). The smallest absolute Gasteiger partial charge is 0.321 e. The van der Waals surface area contributed by atoms with E-state index in [4.69, 9.17) is 5.26 Å². The third-order valence-electron chi connectivity index (χ3n) is 5.11. The molecule has 2 amide bonds. The number of rotatable bonds is 5. The zero-order valence-electron chi connectivity index (χ0n) is 16.6. The van der Waals surface area contributed by atoms with Gasteiger partial charge in [0.15, 0.2) is 0 Å². The van der Waals surface area contributed by atoms with Gasteiger partial charge in [0.2, 0.25) is 0 Å². The maximum Gasteiger partial charge on any atom is 0.321 e. The highest BCUT2D eigenvalue weighted by molar-refractivity contribution is 5.90. The quantitative estimate of drug-likeness (QED) is 0.807. The number of urea groups is 1. The van der Waals surface area contributed by atoms with E-state index in [0.29, 0.717) is 30.6 Å². The minimum absolute atomic E-state index is 0.127. The highest BCUT2D eigenvalue weighted by Gasteiger charge is 2.32. The lowest BCUT2D eigenvalue weighted by molar-refractivity contribution is -0.143. The van der Waals surface area contributed by atoms with Gasteiger partial charge in [-0.25, -0.2) is 9.48 Å². The Bertz CT molecular complexity index is 946. The van der Waals surface area contributed by atoms with Gasteiger partial charge in [-0.15, -0.1) is 0 Å². The summed E-state index contributed by atoms with van der Waals surface area (Å²) < 4.78 is 1.73. The van der Waals surface area contributed by atoms with Crippen molar-refractivity contribution >= 4 is 17.7 Å². The predicted octanol–water partition coefficient (Wildman–Crippen LogP) is 3.27. The topological polar surface area (TPSA) is 111 Å². The Morgan fingerprint density at radius 1 is 1.38 bits per heavy atom. The van der Waals surface area contributed by atoms with Crippen molar-refractivity contribution < 1.29 is 14.7 Å². The van der Waals surface area contributed by atoms with Gasteiger partial charge in [-0.05, 0) is 37.0 Å². The number of benzene rings is 1. The molecule has 8 heteroatoms. The molecule has 0 radical (unpaired) electrons. The molecule has 2 N–H and O–H groups in total. The number of amides is 2. The Kier molecular flexibility index (Phi) is 6.17. The largest absolute Gasteiger partial charge is 0.481 e. The third kappa shape index (κ3) is 4.57. The van der Waals surface area contributed by atoms with Gasteiger partial charge in [-0.1, -0.05) is 26.3 Å². The summed E-state index contributed by atoms with van der Waals surface area (Å²) in [6.45, 7) is 4.72. The first kappa shape index (κ1) is 20.4. The molecule has 2 unspecified atom stereocenters. The fraction of sp³-hybridized carbons (Fsp3) is 0.429. The van der Waals surface area contributed by atoms with E-state index in [-0.39, 0.29) is 18.5 Å². The molecule has 8 nitrogen and oxygen atoms in total. The van der Waals surface area contributed by atoms with Crippen LogP contribution in [-0.4, -0.2) is 44.9 Å². The number of anilines is 1. The first-order valence-electron chi connectivity index (χ1n) is 9.79. The molecular weight excluding hydrogens is 370 g/mol. The van der Waals surface area contributed by atoms with Gasteiger partial charge in [-0.3, -0.25) is 4.79 Å². The van der Waals surface area contributed by atoms with Crippen LogP contribution in [0.3, 0.4) is 0 Å². The Labute approximate surface area is 169 Å². The standard InChI is InChI=1S/C21H25N5O3/c1-3-5-19-18(11-23-26(19)17-7-4-6-15(9-17)10-22)24-21(29)25-12-14(2)8-16(13-25)20(27)28/h4,6-7,9,11,14,16H,3,5,8,12-13H2,1-2H3,(H,24,29)(H,27,28). The number of carbonyl (C=O) groups is 2. The Balaban J connectivity index is 1.83. The number of aromatic nitrogens is 2. The summed E-state index contributed by atoms with van der Waals surface area (Å²) in [5.74, 6) is -1.29. The number of piperidine rings is 1. The summed E-state index contributed by atoms with van der Waals surface area (Å²) in [7, 11) is 0. The second kappa shape index (κ2) is 8.78. The molecule has 0 saturated carbocycles. The Hall–Kier alpha value is -3.34. The van der Waals surface area contributed by atoms with E-state index in [2.05, 4.69) is 16.5 Å². The minimum Gasteiger partial charge on any atom is -0.481 e. The van der Waals surface area contributed by atoms with Gasteiger partial charge in [0, 0.05) is 13.1 Å². The van der Waals surface area contributed by atoms with E-state index in [0.717, 1.165) is 17.8 Å². The van der Waals surface area contributed by atoms with Crippen molar-refractivity contribution in [1.29, 1.82) is 5.26 Å². The van der Waals surface area contributed by atoms with Gasteiger partial charge in [0.05, 0.1) is 40.8 Å². The van der Waals surface area contributed by atoms with E-state index in [1.54, 1.807) is 34.0 Å². The number of hydrogen-bond donors (Lipinski definition) is 2. The van der Waals surface area contributed by atoms with E-state index in [1.165, 1.54) is 0 Å². The number of nitrogens with zero attached hydrogens (tertiary/aromatic N) is 4. The first-order chi connectivity index (χ1) is 13.9. The second-order valence-corrected chi connectivity index (χ2v) is 7.54. The molecule has 0 spiro atoms. The number of nitrogens with one attached hydrogen (secondary N) is 1. The fourth-order valence-corrected chi connectivity index (χ4v) is 3.78. The lowest BCUT2D eigenvalue weighted by Crippen LogP contribution is -2.47. The third-order valence-corrected chi connectivity index (χ3v) is 5.11. The zero-order valence-corrected chi connectivity index (χ0v) is 16.6. The SMILES string of the molecule is CCCc1c(NC(=O)N2CC(C)CC(C(=O)O)C2)cnn1-c1cccc(C#N)c1. The summed E-state index contributed by atoms with van der Waals surface area (Å²) in [5.41, 5.74) is 2.73. The van der Waals surface area contributed by atoms with E-state index in [1.807, 2.05) is 19.9 Å². The van der Waals surface area contributed by atoms with Crippen molar-refractivity contribution in [3.63, 3.8) is 0 Å². The molecule has 0 aliphatic carbocycles. The normalized spacial score (nSPS) is 18.9. The number of hydrogen-bond acceptors (Lipinski definition) is 4. The van der Waals surface area contributed by atoms with E-state index < -0.39 is 11.9 Å². The van der Waals surface area contributed by atoms with Crippen LogP contribution in [0.15, 0.2) is 30.5 Å². The monoisotopic (exact) mass is 395 g/mol. The lowest BCUT2D eigenvalue weighted by atomic mass is 9.91. The number of nitriles is 1. The molecule has 1 saturated heterocycles. The zero-order chi connectivity index (χ0) is 21.0. The van der Waals surface area contributed by atoms with E-state index >= 15 is 0 Å². The minimum atomic E-state index is -0.869. The number of carboxylic acids is 1. The summed E-state index contributed by atoms with van der Waals surface area (Å²) in [6, 6.07) is 8.95. The predicted molar refractivity (Wildman–Crippen MR) is 108 cm³/mol. The highest BCUT2D eigenvalue weighted by atomic mass is 16.4. The van der Waals surface area contributed by atoms with Crippen LogP contribution in [0, 0.1) is 23.2 Å². The Morgan fingerprint density at radius 3 is 2.86 bits per heavy atom. The first-order valence-corrected chi connectivity index (χ1v) is 9.79. The van der Waals surface area contributed by atoms with Crippen LogP contribution in [-0.2, 0) is 11.2 Å². The number of likely N-dealkylation sites (tertiary alicyclic amines) is 1. The van der Waals surface area contributed by atoms with Gasteiger partial charge in [0.1, 0.15) is 0 Å². The maximum atomic E-state index is 12.8. The molecule has 2 aromatic rings. The molecule has 152 valence electrons. The molecule has 29 heavy (non-hydrogen) atoms. The van der Waals surface area contributed by atoms with Crippen molar-refractivity contribution in [2.24, 2.45) is 11.8 Å². The molecule has 1 aliphatic heterocycles. The summed E-state index contributed by atoms with van der Waals surface area (Å²) >= 11 is 0.